The highest BCUT2D eigenvalue weighted by Gasteiger charge is 2.27. The smallest absolute Gasteiger partial charge is 0.244 e. The van der Waals surface area contributed by atoms with Crippen LogP contribution in [-0.2, 0) is 16.1 Å². The highest BCUT2D eigenvalue weighted by atomic mass is 16.2. The van der Waals surface area contributed by atoms with E-state index in [1.165, 1.54) is 6.92 Å². The molecular formula is C24H22N4O2. The zero-order valence-corrected chi connectivity index (χ0v) is 16.6. The first-order valence-electron chi connectivity index (χ1n) is 9.45. The van der Waals surface area contributed by atoms with E-state index in [9.17, 15) is 9.59 Å². The Balaban J connectivity index is 2.06. The van der Waals surface area contributed by atoms with E-state index in [4.69, 9.17) is 11.0 Å². The summed E-state index contributed by atoms with van der Waals surface area (Å²) < 4.78 is 0. The van der Waals surface area contributed by atoms with E-state index in [1.54, 1.807) is 42.5 Å². The second-order valence-corrected chi connectivity index (χ2v) is 6.88. The number of nitrogens with one attached hydrogen (secondary N) is 1. The molecule has 3 N–H and O–H groups in total. The Kier molecular flexibility index (Phi) is 6.46. The van der Waals surface area contributed by atoms with Crippen molar-refractivity contribution >= 4 is 23.2 Å². The van der Waals surface area contributed by atoms with Gasteiger partial charge in [0.25, 0.3) is 0 Å². The van der Waals surface area contributed by atoms with Crippen molar-refractivity contribution < 1.29 is 9.59 Å². The minimum absolute atomic E-state index is 0.198. The van der Waals surface area contributed by atoms with Crippen LogP contribution in [0.3, 0.4) is 0 Å². The molecule has 0 aliphatic carbocycles. The van der Waals surface area contributed by atoms with Crippen molar-refractivity contribution in [2.75, 3.05) is 10.2 Å². The van der Waals surface area contributed by atoms with E-state index in [0.717, 1.165) is 11.3 Å². The van der Waals surface area contributed by atoms with Gasteiger partial charge in [-0.2, -0.15) is 5.26 Å². The number of nitrogens with two attached hydrogens (primary N) is 1. The molecular weight excluding hydrogens is 376 g/mol. The van der Waals surface area contributed by atoms with E-state index in [0.29, 0.717) is 23.4 Å². The summed E-state index contributed by atoms with van der Waals surface area (Å²) in [7, 11) is 0. The molecule has 0 radical (unpaired) electrons. The number of primary amides is 1. The van der Waals surface area contributed by atoms with E-state index in [2.05, 4.69) is 11.4 Å². The molecule has 3 aromatic carbocycles. The van der Waals surface area contributed by atoms with Crippen LogP contribution >= 0.6 is 0 Å². The molecule has 1 unspecified atom stereocenters. The van der Waals surface area contributed by atoms with Crippen LogP contribution in [0.2, 0.25) is 0 Å². The van der Waals surface area contributed by atoms with Crippen molar-refractivity contribution in [1.82, 2.24) is 0 Å². The third-order valence-corrected chi connectivity index (χ3v) is 4.63. The lowest BCUT2D eigenvalue weighted by molar-refractivity contribution is -0.119. The topological polar surface area (TPSA) is 99.2 Å². The SMILES string of the molecule is CC(=O)Nc1cccc(C(C(N)=O)N(Cc2ccccc2)c2ccc(C#N)cc2)c1. The number of benzene rings is 3. The number of hydrogen-bond donors (Lipinski definition) is 2. The van der Waals surface area contributed by atoms with Crippen LogP contribution in [0, 0.1) is 11.3 Å². The molecule has 3 rings (SSSR count). The van der Waals surface area contributed by atoms with Gasteiger partial charge in [0.15, 0.2) is 0 Å². The van der Waals surface area contributed by atoms with Gasteiger partial charge in [0.05, 0.1) is 11.6 Å². The van der Waals surface area contributed by atoms with Gasteiger partial charge in [0.2, 0.25) is 11.8 Å². The van der Waals surface area contributed by atoms with Gasteiger partial charge in [-0.05, 0) is 47.5 Å². The number of amides is 2. The molecule has 30 heavy (non-hydrogen) atoms. The average Bonchev–Trinajstić information content (AvgIpc) is 2.74. The first-order chi connectivity index (χ1) is 14.5. The summed E-state index contributed by atoms with van der Waals surface area (Å²) in [6.07, 6.45) is 0. The van der Waals surface area contributed by atoms with E-state index < -0.39 is 11.9 Å². The largest absolute Gasteiger partial charge is 0.368 e. The van der Waals surface area contributed by atoms with Gasteiger partial charge in [0.1, 0.15) is 6.04 Å². The molecule has 3 aromatic rings. The molecule has 0 spiro atoms. The number of nitriles is 1. The molecule has 0 saturated heterocycles. The van der Waals surface area contributed by atoms with Crippen molar-refractivity contribution in [1.29, 1.82) is 5.26 Å². The number of carbonyl (C=O) groups excluding carboxylic acids is 2. The Morgan fingerprint density at radius 1 is 1.03 bits per heavy atom. The van der Waals surface area contributed by atoms with Gasteiger partial charge >= 0.3 is 0 Å². The highest BCUT2D eigenvalue weighted by molar-refractivity contribution is 5.90. The molecule has 0 bridgehead atoms. The zero-order chi connectivity index (χ0) is 21.5. The lowest BCUT2D eigenvalue weighted by atomic mass is 10.0. The van der Waals surface area contributed by atoms with E-state index in [-0.39, 0.29) is 5.91 Å². The van der Waals surface area contributed by atoms with Crippen LogP contribution in [0.25, 0.3) is 0 Å². The predicted octanol–water partition coefficient (Wildman–Crippen LogP) is 3.75. The molecule has 0 aliphatic rings. The summed E-state index contributed by atoms with van der Waals surface area (Å²) in [4.78, 5) is 25.9. The maximum absolute atomic E-state index is 12.6. The Morgan fingerprint density at radius 3 is 2.33 bits per heavy atom. The molecule has 0 heterocycles. The monoisotopic (exact) mass is 398 g/mol. The number of rotatable bonds is 7. The molecule has 6 heteroatoms. The Labute approximate surface area is 175 Å². The van der Waals surface area contributed by atoms with Gasteiger partial charge in [0, 0.05) is 24.8 Å². The molecule has 2 amide bonds. The van der Waals surface area contributed by atoms with Crippen LogP contribution in [0.4, 0.5) is 11.4 Å². The summed E-state index contributed by atoms with van der Waals surface area (Å²) in [6.45, 7) is 1.86. The van der Waals surface area contributed by atoms with Crippen LogP contribution in [0.5, 0.6) is 0 Å². The van der Waals surface area contributed by atoms with Crippen molar-refractivity contribution in [3.63, 3.8) is 0 Å². The summed E-state index contributed by atoms with van der Waals surface area (Å²) >= 11 is 0. The zero-order valence-electron chi connectivity index (χ0n) is 16.6. The molecule has 150 valence electrons. The van der Waals surface area contributed by atoms with Crippen LogP contribution in [-0.4, -0.2) is 11.8 Å². The minimum atomic E-state index is -0.771. The predicted molar refractivity (Wildman–Crippen MR) is 116 cm³/mol. The molecule has 0 fully saturated rings. The summed E-state index contributed by atoms with van der Waals surface area (Å²) in [5.74, 6) is -0.716. The van der Waals surface area contributed by atoms with Crippen LogP contribution in [0.15, 0.2) is 78.9 Å². The first kappa shape index (κ1) is 20.6. The molecule has 1 atom stereocenters. The lowest BCUT2D eigenvalue weighted by Crippen LogP contribution is -2.37. The molecule has 6 nitrogen and oxygen atoms in total. The maximum Gasteiger partial charge on any atom is 0.244 e. The average molecular weight is 398 g/mol. The number of anilines is 2. The van der Waals surface area contributed by atoms with Gasteiger partial charge in [-0.1, -0.05) is 42.5 Å². The summed E-state index contributed by atoms with van der Waals surface area (Å²) in [5.41, 5.74) is 9.39. The third-order valence-electron chi connectivity index (χ3n) is 4.63. The summed E-state index contributed by atoms with van der Waals surface area (Å²) in [5, 5.41) is 11.8. The van der Waals surface area contributed by atoms with Gasteiger partial charge < -0.3 is 16.0 Å². The van der Waals surface area contributed by atoms with E-state index in [1.807, 2.05) is 41.3 Å². The first-order valence-corrected chi connectivity index (χ1v) is 9.45. The fourth-order valence-corrected chi connectivity index (χ4v) is 3.33. The lowest BCUT2D eigenvalue weighted by Gasteiger charge is -2.32. The van der Waals surface area contributed by atoms with Crippen molar-refractivity contribution in [2.24, 2.45) is 5.73 Å². The van der Waals surface area contributed by atoms with Gasteiger partial charge in [-0.25, -0.2) is 0 Å². The second-order valence-electron chi connectivity index (χ2n) is 6.88. The minimum Gasteiger partial charge on any atom is -0.368 e. The van der Waals surface area contributed by atoms with E-state index >= 15 is 0 Å². The van der Waals surface area contributed by atoms with Crippen molar-refractivity contribution in [3.05, 3.63) is 95.6 Å². The van der Waals surface area contributed by atoms with Crippen molar-refractivity contribution in [3.8, 4) is 6.07 Å². The van der Waals surface area contributed by atoms with Crippen LogP contribution in [0.1, 0.15) is 29.7 Å². The second kappa shape index (κ2) is 9.39. The Morgan fingerprint density at radius 2 is 1.73 bits per heavy atom. The van der Waals surface area contributed by atoms with Crippen LogP contribution < -0.4 is 16.0 Å². The number of carbonyl (C=O) groups is 2. The summed E-state index contributed by atoms with van der Waals surface area (Å²) in [6, 6.07) is 25.2. The maximum atomic E-state index is 12.6. The van der Waals surface area contributed by atoms with Gasteiger partial charge in [-0.15, -0.1) is 0 Å². The standard InChI is InChI=1S/C24H22N4O2/c1-17(29)27-21-9-5-8-20(14-21)23(24(26)30)28(16-19-6-3-2-4-7-19)22-12-10-18(15-25)11-13-22/h2-14,23H,16H2,1H3,(H2,26,30)(H,27,29). The fourth-order valence-electron chi connectivity index (χ4n) is 3.33. The molecule has 0 aromatic heterocycles. The fraction of sp³-hybridized carbons (Fsp3) is 0.125. The normalized spacial score (nSPS) is 11.2. The molecule has 0 aliphatic heterocycles. The quantitative estimate of drug-likeness (QED) is 0.633. The molecule has 0 saturated carbocycles. The number of hydrogen-bond acceptors (Lipinski definition) is 4. The Bertz CT molecular complexity index is 1070. The van der Waals surface area contributed by atoms with Gasteiger partial charge in [-0.3, -0.25) is 9.59 Å². The Hall–Kier alpha value is -4.11. The third kappa shape index (κ3) is 5.03. The van der Waals surface area contributed by atoms with Crippen molar-refractivity contribution in [2.45, 2.75) is 19.5 Å². The highest BCUT2D eigenvalue weighted by Crippen LogP contribution is 2.30. The number of nitrogens with zero attached hydrogens (tertiary/aromatic N) is 2.